The van der Waals surface area contributed by atoms with E-state index in [0.29, 0.717) is 23.3 Å². The summed E-state index contributed by atoms with van der Waals surface area (Å²) in [4.78, 5) is 20.1. The van der Waals surface area contributed by atoms with Crippen LogP contribution in [0.4, 0.5) is 0 Å². The van der Waals surface area contributed by atoms with Crippen molar-refractivity contribution in [1.29, 1.82) is 0 Å². The second-order valence-corrected chi connectivity index (χ2v) is 4.31. The predicted octanol–water partition coefficient (Wildman–Crippen LogP) is 1.31. The quantitative estimate of drug-likeness (QED) is 0.779. The number of halogens is 1. The number of aromatic nitrogens is 4. The minimum absolute atomic E-state index is 0.150. The van der Waals surface area contributed by atoms with E-state index in [1.165, 1.54) is 12.4 Å². The van der Waals surface area contributed by atoms with Gasteiger partial charge in [-0.25, -0.2) is 9.97 Å². The molecule has 0 N–H and O–H groups in total. The van der Waals surface area contributed by atoms with Crippen LogP contribution in [0.2, 0.25) is 0 Å². The average Bonchev–Trinajstić information content (AvgIpc) is 2.77. The van der Waals surface area contributed by atoms with Crippen LogP contribution in [0.25, 0.3) is 0 Å². The lowest BCUT2D eigenvalue weighted by Gasteiger charge is -2.05. The second-order valence-electron chi connectivity index (χ2n) is 3.46. The van der Waals surface area contributed by atoms with Crippen LogP contribution in [-0.4, -0.2) is 39.2 Å². The van der Waals surface area contributed by atoms with Crippen LogP contribution in [0.5, 0.6) is 0 Å². The van der Waals surface area contributed by atoms with Crippen LogP contribution in [0.1, 0.15) is 16.3 Å². The highest BCUT2D eigenvalue weighted by Gasteiger charge is 2.20. The molecule has 0 atom stereocenters. The largest absolute Gasteiger partial charge is 0.383 e. The highest BCUT2D eigenvalue weighted by molar-refractivity contribution is 9.10. The third-order valence-corrected chi connectivity index (χ3v) is 2.87. The van der Waals surface area contributed by atoms with Crippen molar-refractivity contribution < 1.29 is 9.53 Å². The Balaban J connectivity index is 2.32. The number of rotatable bonds is 5. The smallest absolute Gasteiger partial charge is 0.249 e. The third-order valence-electron chi connectivity index (χ3n) is 2.29. The molecular weight excluding hydrogens is 300 g/mol. The molecule has 7 heteroatoms. The molecule has 0 unspecified atom stereocenters. The number of ether oxygens (including phenoxy) is 1. The second kappa shape index (κ2) is 5.83. The SMILES string of the molecule is COCCn1ncc(Br)c1C(=O)c1ncccn1. The van der Waals surface area contributed by atoms with Gasteiger partial charge in [0.25, 0.3) is 0 Å². The standard InChI is InChI=1S/C11H11BrN4O2/c1-18-6-5-16-9(8(12)7-15-16)10(17)11-13-3-2-4-14-11/h2-4,7H,5-6H2,1H3. The molecular formula is C11H11BrN4O2. The molecule has 6 nitrogen and oxygen atoms in total. The first-order valence-corrected chi connectivity index (χ1v) is 6.05. The van der Waals surface area contributed by atoms with E-state index in [2.05, 4.69) is 31.0 Å². The summed E-state index contributed by atoms with van der Waals surface area (Å²) in [6.07, 6.45) is 4.64. The Bertz CT molecular complexity index is 541. The zero-order valence-corrected chi connectivity index (χ0v) is 11.3. The summed E-state index contributed by atoms with van der Waals surface area (Å²) in [6.45, 7) is 0.972. The Morgan fingerprint density at radius 3 is 2.83 bits per heavy atom. The van der Waals surface area contributed by atoms with Crippen molar-refractivity contribution in [2.75, 3.05) is 13.7 Å². The number of carbonyl (C=O) groups excluding carboxylic acids is 1. The molecule has 94 valence electrons. The number of hydrogen-bond donors (Lipinski definition) is 0. The molecule has 0 aromatic carbocycles. The van der Waals surface area contributed by atoms with E-state index >= 15 is 0 Å². The van der Waals surface area contributed by atoms with Gasteiger partial charge in [0.2, 0.25) is 11.6 Å². The summed E-state index contributed by atoms with van der Waals surface area (Å²) in [5.74, 6) is -0.117. The van der Waals surface area contributed by atoms with Gasteiger partial charge in [-0.3, -0.25) is 9.48 Å². The van der Waals surface area contributed by atoms with Crippen molar-refractivity contribution in [2.45, 2.75) is 6.54 Å². The molecule has 18 heavy (non-hydrogen) atoms. The Kier molecular flexibility index (Phi) is 4.16. The normalized spacial score (nSPS) is 10.6. The number of carbonyl (C=O) groups is 1. The predicted molar refractivity (Wildman–Crippen MR) is 67.3 cm³/mol. The topological polar surface area (TPSA) is 69.9 Å². The van der Waals surface area contributed by atoms with Gasteiger partial charge in [-0.05, 0) is 22.0 Å². The van der Waals surface area contributed by atoms with Gasteiger partial charge < -0.3 is 4.74 Å². The summed E-state index contributed by atoms with van der Waals surface area (Å²) in [6, 6.07) is 1.66. The fourth-order valence-corrected chi connectivity index (χ4v) is 1.93. The van der Waals surface area contributed by atoms with Crippen molar-refractivity contribution in [3.05, 3.63) is 40.6 Å². The Morgan fingerprint density at radius 2 is 2.17 bits per heavy atom. The van der Waals surface area contributed by atoms with E-state index in [4.69, 9.17) is 4.74 Å². The zero-order valence-electron chi connectivity index (χ0n) is 9.71. The Labute approximate surface area is 112 Å². The molecule has 2 heterocycles. The number of hydrogen-bond acceptors (Lipinski definition) is 5. The first kappa shape index (κ1) is 12.8. The molecule has 0 aliphatic heterocycles. The first-order valence-electron chi connectivity index (χ1n) is 5.26. The fourth-order valence-electron chi connectivity index (χ4n) is 1.46. The molecule has 0 amide bonds. The maximum atomic E-state index is 12.3. The van der Waals surface area contributed by atoms with Crippen molar-refractivity contribution in [3.8, 4) is 0 Å². The van der Waals surface area contributed by atoms with E-state index in [9.17, 15) is 4.79 Å². The van der Waals surface area contributed by atoms with E-state index in [1.54, 1.807) is 24.1 Å². The molecule has 0 aliphatic carbocycles. The monoisotopic (exact) mass is 310 g/mol. The zero-order chi connectivity index (χ0) is 13.0. The summed E-state index contributed by atoms with van der Waals surface area (Å²) < 4.78 is 7.17. The fraction of sp³-hybridized carbons (Fsp3) is 0.273. The van der Waals surface area contributed by atoms with Gasteiger partial charge in [0.15, 0.2) is 0 Å². The number of methoxy groups -OCH3 is 1. The van der Waals surface area contributed by atoms with Crippen LogP contribution in [0, 0.1) is 0 Å². The van der Waals surface area contributed by atoms with Gasteiger partial charge in [0, 0.05) is 19.5 Å². The lowest BCUT2D eigenvalue weighted by Crippen LogP contribution is -2.16. The highest BCUT2D eigenvalue weighted by Crippen LogP contribution is 2.18. The number of nitrogens with zero attached hydrogens (tertiary/aromatic N) is 4. The van der Waals surface area contributed by atoms with Gasteiger partial charge in [0.1, 0.15) is 5.69 Å². The van der Waals surface area contributed by atoms with Crippen molar-refractivity contribution in [3.63, 3.8) is 0 Å². The molecule has 2 aromatic rings. The molecule has 0 saturated carbocycles. The summed E-state index contributed by atoms with van der Waals surface area (Å²) >= 11 is 3.31. The first-order chi connectivity index (χ1) is 8.74. The van der Waals surface area contributed by atoms with Crippen LogP contribution < -0.4 is 0 Å². The van der Waals surface area contributed by atoms with Crippen LogP contribution >= 0.6 is 15.9 Å². The Hall–Kier alpha value is -1.60. The molecule has 2 rings (SSSR count). The molecule has 0 bridgehead atoms. The van der Waals surface area contributed by atoms with Crippen molar-refractivity contribution >= 4 is 21.7 Å². The molecule has 0 aliphatic rings. The molecule has 0 radical (unpaired) electrons. The maximum Gasteiger partial charge on any atom is 0.249 e. The molecule has 2 aromatic heterocycles. The van der Waals surface area contributed by atoms with Crippen molar-refractivity contribution in [2.24, 2.45) is 0 Å². The van der Waals surface area contributed by atoms with Crippen molar-refractivity contribution in [1.82, 2.24) is 19.7 Å². The van der Waals surface area contributed by atoms with Crippen LogP contribution in [0.3, 0.4) is 0 Å². The minimum Gasteiger partial charge on any atom is -0.383 e. The maximum absolute atomic E-state index is 12.3. The lowest BCUT2D eigenvalue weighted by atomic mass is 10.2. The highest BCUT2D eigenvalue weighted by atomic mass is 79.9. The van der Waals surface area contributed by atoms with E-state index < -0.39 is 0 Å². The minimum atomic E-state index is -0.268. The Morgan fingerprint density at radius 1 is 1.44 bits per heavy atom. The molecule has 0 fully saturated rings. The van der Waals surface area contributed by atoms with E-state index in [0.717, 1.165) is 0 Å². The number of ketones is 1. The average molecular weight is 311 g/mol. The van der Waals surface area contributed by atoms with Gasteiger partial charge in [-0.15, -0.1) is 0 Å². The van der Waals surface area contributed by atoms with Crippen LogP contribution in [0.15, 0.2) is 29.1 Å². The summed E-state index contributed by atoms with van der Waals surface area (Å²) in [5.41, 5.74) is 0.429. The van der Waals surface area contributed by atoms with Gasteiger partial charge >= 0.3 is 0 Å². The lowest BCUT2D eigenvalue weighted by molar-refractivity contribution is 0.101. The third kappa shape index (κ3) is 2.62. The van der Waals surface area contributed by atoms with Crippen LogP contribution in [-0.2, 0) is 11.3 Å². The van der Waals surface area contributed by atoms with Gasteiger partial charge in [-0.1, -0.05) is 0 Å². The van der Waals surface area contributed by atoms with Gasteiger partial charge in [0.05, 0.1) is 23.8 Å². The van der Waals surface area contributed by atoms with E-state index in [-0.39, 0.29) is 11.6 Å². The summed E-state index contributed by atoms with van der Waals surface area (Å²) in [7, 11) is 1.60. The van der Waals surface area contributed by atoms with E-state index in [1.807, 2.05) is 0 Å². The summed E-state index contributed by atoms with van der Waals surface area (Å²) in [5, 5.41) is 4.11. The molecule has 0 spiro atoms. The molecule has 0 saturated heterocycles. The van der Waals surface area contributed by atoms with Gasteiger partial charge in [-0.2, -0.15) is 5.10 Å².